The standard InChI is InChI=1S/C57H84ClN5O19S/c1-35-13-12-14-43(74-10)57(72)34-41(80-54(71)60-57)36(2)51-56(6,82-51)44(33-47(66)62(8)39-30-38(29-35)31-40(73-9)50(39)58)81-53(70)37(3)61(7)46(65)15-18-55(4,5)83-42-32-48(67)63(52(42)69)20-16-45(64)59-19-22-77-24-26-79-28-27-78-25-23-76-21-17-49(68)75-11/h12-14,30-31,36-37,41-44,51,72H,15-29,32-34H2,1-11H3,(H,59,64)(H,60,71)/b14-12+,35-13+/t36-,37+,41+,42?,43-,44+,51+,56+,57+/m1/s1. The summed E-state index contributed by atoms with van der Waals surface area (Å²) in [5.41, 5.74) is -1.22. The van der Waals surface area contributed by atoms with Gasteiger partial charge < -0.3 is 67.6 Å². The fourth-order valence-electron chi connectivity index (χ4n) is 9.81. The van der Waals surface area contributed by atoms with Crippen molar-refractivity contribution in [1.82, 2.24) is 20.4 Å². The van der Waals surface area contributed by atoms with Crippen LogP contribution in [-0.4, -0.2) is 216 Å². The maximum atomic E-state index is 14.4. The third kappa shape index (κ3) is 19.6. The highest BCUT2D eigenvalue weighted by Crippen LogP contribution is 2.49. The summed E-state index contributed by atoms with van der Waals surface area (Å²) in [6, 6.07) is 2.38. The molecule has 1 aromatic rings. The molecular formula is C57H84ClN5O19S. The number of hydrogen-bond acceptors (Lipinski definition) is 20. The zero-order valence-electron chi connectivity index (χ0n) is 49.6. The van der Waals surface area contributed by atoms with Crippen LogP contribution < -0.4 is 20.3 Å². The summed E-state index contributed by atoms with van der Waals surface area (Å²) in [5.74, 6) is -3.53. The number of rotatable bonds is 28. The van der Waals surface area contributed by atoms with Crippen LogP contribution in [0.4, 0.5) is 10.5 Å². The zero-order chi connectivity index (χ0) is 61.2. The summed E-state index contributed by atoms with van der Waals surface area (Å²) in [6.07, 6.45) is 0.556. The average molecular weight is 1210 g/mol. The van der Waals surface area contributed by atoms with E-state index in [4.69, 9.17) is 54.2 Å². The minimum atomic E-state index is -1.89. The first-order chi connectivity index (χ1) is 39.3. The number of nitrogens with one attached hydrogen (secondary N) is 2. The van der Waals surface area contributed by atoms with E-state index in [1.165, 1.54) is 56.9 Å². The van der Waals surface area contributed by atoms with Crippen molar-refractivity contribution in [2.45, 2.75) is 145 Å². The molecular weight excluding hydrogens is 1130 g/mol. The number of carbonyl (C=O) groups excluding carboxylic acids is 8. The Labute approximate surface area is 495 Å². The van der Waals surface area contributed by atoms with Gasteiger partial charge in [0.05, 0.1) is 97.0 Å². The van der Waals surface area contributed by atoms with Crippen LogP contribution in [-0.2, 0) is 82.6 Å². The van der Waals surface area contributed by atoms with Crippen LogP contribution in [0.25, 0.3) is 0 Å². The molecule has 0 aliphatic carbocycles. The number of thioether (sulfide) groups is 1. The van der Waals surface area contributed by atoms with Gasteiger partial charge in [-0.15, -0.1) is 11.8 Å². The molecule has 26 heteroatoms. The third-order valence-electron chi connectivity index (χ3n) is 15.1. The van der Waals surface area contributed by atoms with Crippen molar-refractivity contribution in [3.05, 3.63) is 46.5 Å². The van der Waals surface area contributed by atoms with E-state index in [2.05, 4.69) is 15.4 Å². The first-order valence-corrected chi connectivity index (χ1v) is 29.0. The summed E-state index contributed by atoms with van der Waals surface area (Å²) in [4.78, 5) is 109. The van der Waals surface area contributed by atoms with Crippen molar-refractivity contribution in [2.24, 2.45) is 5.92 Å². The topological polar surface area (TPSA) is 286 Å². The van der Waals surface area contributed by atoms with Gasteiger partial charge in [0.1, 0.15) is 40.7 Å². The molecule has 4 bridgehead atoms. The number of nitrogens with zero attached hydrogens (tertiary/aromatic N) is 3. The third-order valence-corrected chi connectivity index (χ3v) is 16.9. The van der Waals surface area contributed by atoms with Gasteiger partial charge >= 0.3 is 18.0 Å². The van der Waals surface area contributed by atoms with Crippen LogP contribution in [0.15, 0.2) is 35.9 Å². The van der Waals surface area contributed by atoms with Crippen molar-refractivity contribution in [3.63, 3.8) is 0 Å². The Morgan fingerprint density at radius 3 is 2.24 bits per heavy atom. The van der Waals surface area contributed by atoms with E-state index >= 15 is 0 Å². The van der Waals surface area contributed by atoms with Crippen LogP contribution in [0.2, 0.25) is 5.02 Å². The number of epoxide rings is 1. The SMILES string of the molecule is COC(=O)CCOCCOCCOCCOCCNC(=O)CCN1C(=O)CC(SC(C)(C)CCC(=O)N(C)[C@@H](C)C(=O)O[C@H]2CC(=O)N(C)c3cc(cc(OC)c3Cl)C/C(C)=C/C=C/[C@@H](OC)[C@@]3(O)C[C@H](OC(=O)N3)[C@@H](C)[C@@H]3O[C@@]23C)C1=O. The molecule has 6 amide bonds. The predicted octanol–water partition coefficient (Wildman–Crippen LogP) is 4.07. The number of benzene rings is 1. The lowest BCUT2D eigenvalue weighted by molar-refractivity contribution is -0.162. The molecule has 5 rings (SSSR count). The maximum Gasteiger partial charge on any atom is 0.409 e. The van der Waals surface area contributed by atoms with Crippen LogP contribution in [0, 0.1) is 5.92 Å². The molecule has 4 aliphatic heterocycles. The first-order valence-electron chi connectivity index (χ1n) is 27.8. The number of hydrogen-bond donors (Lipinski definition) is 3. The molecule has 4 heterocycles. The van der Waals surface area contributed by atoms with E-state index in [0.29, 0.717) is 57.5 Å². The summed E-state index contributed by atoms with van der Waals surface area (Å²) in [7, 11) is 7.20. The van der Waals surface area contributed by atoms with Gasteiger partial charge in [0.2, 0.25) is 29.5 Å². The molecule has 1 aromatic carbocycles. The number of methoxy groups -OCH3 is 3. The fourth-order valence-corrected chi connectivity index (χ4v) is 11.6. The second-order valence-corrected chi connectivity index (χ2v) is 24.0. The number of imide groups is 1. The highest BCUT2D eigenvalue weighted by molar-refractivity contribution is 8.02. The molecule has 0 spiro atoms. The van der Waals surface area contributed by atoms with Crippen molar-refractivity contribution in [3.8, 4) is 5.75 Å². The van der Waals surface area contributed by atoms with Gasteiger partial charge in [-0.05, 0) is 51.3 Å². The average Bonchev–Trinajstić information content (AvgIpc) is 2.44. The summed E-state index contributed by atoms with van der Waals surface area (Å²) in [5, 5.41) is 16.6. The number of likely N-dealkylation sites (tertiary alicyclic amines) is 1. The van der Waals surface area contributed by atoms with Gasteiger partial charge in [-0.1, -0.05) is 56.2 Å². The van der Waals surface area contributed by atoms with Crippen molar-refractivity contribution >= 4 is 76.6 Å². The molecule has 3 saturated heterocycles. The van der Waals surface area contributed by atoms with Gasteiger partial charge in [0.25, 0.3) is 0 Å². The largest absolute Gasteiger partial charge is 0.495 e. The molecule has 9 atom stereocenters. The molecule has 83 heavy (non-hydrogen) atoms. The number of alkyl carbamates (subject to hydrolysis) is 1. The Hall–Kier alpha value is -5.38. The van der Waals surface area contributed by atoms with Gasteiger partial charge in [-0.2, -0.15) is 0 Å². The Morgan fingerprint density at radius 1 is 0.952 bits per heavy atom. The van der Waals surface area contributed by atoms with E-state index in [1.807, 2.05) is 26.8 Å². The molecule has 0 saturated carbocycles. The highest BCUT2D eigenvalue weighted by atomic mass is 35.5. The zero-order valence-corrected chi connectivity index (χ0v) is 51.2. The van der Waals surface area contributed by atoms with E-state index in [1.54, 1.807) is 45.2 Å². The van der Waals surface area contributed by atoms with Crippen molar-refractivity contribution < 1.29 is 90.8 Å². The molecule has 0 radical (unpaired) electrons. The summed E-state index contributed by atoms with van der Waals surface area (Å²) >= 11 is 8.10. The number of ether oxygens (including phenoxy) is 10. The number of aliphatic hydroxyl groups is 1. The van der Waals surface area contributed by atoms with Gasteiger partial charge in [0, 0.05) is 70.6 Å². The van der Waals surface area contributed by atoms with Crippen molar-refractivity contribution in [1.29, 1.82) is 0 Å². The van der Waals surface area contributed by atoms with Crippen LogP contribution in [0.3, 0.4) is 0 Å². The van der Waals surface area contributed by atoms with E-state index < -0.39 is 99.8 Å². The van der Waals surface area contributed by atoms with E-state index in [0.717, 1.165) is 16.0 Å². The number of fused-ring (bicyclic) bond motifs is 5. The van der Waals surface area contributed by atoms with Crippen LogP contribution in [0.5, 0.6) is 5.75 Å². The Balaban J connectivity index is 1.12. The van der Waals surface area contributed by atoms with Crippen LogP contribution in [0.1, 0.15) is 92.1 Å². The second-order valence-electron chi connectivity index (χ2n) is 21.7. The monoisotopic (exact) mass is 1210 g/mol. The highest BCUT2D eigenvalue weighted by Gasteiger charge is 2.64. The lowest BCUT2D eigenvalue weighted by Gasteiger charge is -2.42. The number of amides is 6. The van der Waals surface area contributed by atoms with Crippen molar-refractivity contribution in [2.75, 3.05) is 106 Å². The molecule has 3 fully saturated rings. The molecule has 3 N–H and O–H groups in total. The lowest BCUT2D eigenvalue weighted by Crippen LogP contribution is -2.63. The number of anilines is 1. The maximum absolute atomic E-state index is 14.4. The minimum absolute atomic E-state index is 0.0375. The molecule has 0 aromatic heterocycles. The second kappa shape index (κ2) is 31.7. The summed E-state index contributed by atoms with van der Waals surface area (Å²) < 4.78 is 55.0. The Kier molecular flexibility index (Phi) is 26.1. The number of allylic oxidation sites excluding steroid dienone is 3. The molecule has 24 nitrogen and oxygen atoms in total. The number of halogens is 1. The first kappa shape index (κ1) is 68.4. The van der Waals surface area contributed by atoms with E-state index in [-0.39, 0.29) is 81.7 Å². The molecule has 464 valence electrons. The van der Waals surface area contributed by atoms with Gasteiger partial charge in [-0.3, -0.25) is 39.0 Å². The Bertz CT molecular complexity index is 2520. The smallest absolute Gasteiger partial charge is 0.409 e. The van der Waals surface area contributed by atoms with Crippen LogP contribution >= 0.6 is 23.4 Å². The lowest BCUT2D eigenvalue weighted by atomic mass is 9.83. The summed E-state index contributed by atoms with van der Waals surface area (Å²) in [6.45, 7) is 13.2. The van der Waals surface area contributed by atoms with Gasteiger partial charge in [0.15, 0.2) is 5.72 Å². The normalized spacial score (nSPS) is 26.2. The number of esters is 2. The molecule has 1 unspecified atom stereocenters. The van der Waals surface area contributed by atoms with E-state index in [9.17, 15) is 43.5 Å². The fraction of sp³-hybridized carbons (Fsp3) is 0.684. The quantitative estimate of drug-likeness (QED) is 0.0350. The Morgan fingerprint density at radius 2 is 1.60 bits per heavy atom. The predicted molar refractivity (Wildman–Crippen MR) is 305 cm³/mol. The number of carbonyl (C=O) groups is 8. The number of likely N-dealkylation sites (N-methyl/N-ethyl adjacent to an activating group) is 1. The van der Waals surface area contributed by atoms with Gasteiger partial charge in [-0.25, -0.2) is 9.59 Å². The molecule has 4 aliphatic rings. The minimum Gasteiger partial charge on any atom is -0.495 e.